The number of imidazole rings is 1. The normalized spacial score (nSPS) is 16.4. The molecule has 1 aliphatic heterocycles. The second-order valence-corrected chi connectivity index (χ2v) is 5.70. The summed E-state index contributed by atoms with van der Waals surface area (Å²) in [6.07, 6.45) is 0. The van der Waals surface area contributed by atoms with E-state index in [0.717, 1.165) is 32.1 Å². The lowest BCUT2D eigenvalue weighted by molar-refractivity contribution is 0.188. The van der Waals surface area contributed by atoms with Crippen LogP contribution < -0.4 is 16.1 Å². The lowest BCUT2D eigenvalue weighted by atomic mass is 10.3. The van der Waals surface area contributed by atoms with Crippen LogP contribution in [-0.2, 0) is 13.6 Å². The van der Waals surface area contributed by atoms with E-state index in [1.807, 2.05) is 11.5 Å². The van der Waals surface area contributed by atoms with Crippen molar-refractivity contribution in [3.05, 3.63) is 20.8 Å². The molecule has 0 saturated carbocycles. The number of aliphatic hydroxyl groups is 1. The van der Waals surface area contributed by atoms with E-state index in [0.29, 0.717) is 24.3 Å². The summed E-state index contributed by atoms with van der Waals surface area (Å²) in [5.74, 6) is 0.720. The number of aromatic amines is 1. The Morgan fingerprint density at radius 2 is 1.91 bits per heavy atom. The van der Waals surface area contributed by atoms with E-state index < -0.39 is 11.2 Å². The molecule has 0 aliphatic carbocycles. The zero-order chi connectivity index (χ0) is 16.6. The summed E-state index contributed by atoms with van der Waals surface area (Å²) in [4.78, 5) is 35.2. The van der Waals surface area contributed by atoms with Gasteiger partial charge in [0.1, 0.15) is 0 Å². The van der Waals surface area contributed by atoms with Crippen LogP contribution in [0.1, 0.15) is 6.92 Å². The van der Waals surface area contributed by atoms with Gasteiger partial charge in [-0.05, 0) is 6.92 Å². The Balaban J connectivity index is 2.02. The molecule has 0 bridgehead atoms. The molecule has 0 unspecified atom stereocenters. The van der Waals surface area contributed by atoms with Crippen LogP contribution in [0.25, 0.3) is 11.2 Å². The zero-order valence-electron chi connectivity index (χ0n) is 13.4. The van der Waals surface area contributed by atoms with Crippen molar-refractivity contribution in [1.82, 2.24) is 24.0 Å². The number of nitrogens with zero attached hydrogens (tertiary/aromatic N) is 5. The highest BCUT2D eigenvalue weighted by Crippen LogP contribution is 2.20. The molecule has 0 radical (unpaired) electrons. The first kappa shape index (κ1) is 15.8. The van der Waals surface area contributed by atoms with Crippen LogP contribution in [0.2, 0.25) is 0 Å². The molecule has 23 heavy (non-hydrogen) atoms. The summed E-state index contributed by atoms with van der Waals surface area (Å²) in [6, 6.07) is 0. The molecule has 2 N–H and O–H groups in total. The first-order chi connectivity index (χ1) is 11.1. The van der Waals surface area contributed by atoms with Crippen molar-refractivity contribution in [2.75, 3.05) is 44.2 Å². The molecule has 9 nitrogen and oxygen atoms in total. The van der Waals surface area contributed by atoms with Gasteiger partial charge < -0.3 is 14.6 Å². The molecule has 0 spiro atoms. The molecule has 3 heterocycles. The van der Waals surface area contributed by atoms with Gasteiger partial charge in [0, 0.05) is 46.3 Å². The fourth-order valence-electron chi connectivity index (χ4n) is 3.08. The fraction of sp³-hybridized carbons (Fsp3) is 0.643. The molecule has 2 aromatic heterocycles. The quantitative estimate of drug-likeness (QED) is 0.715. The largest absolute Gasteiger partial charge is 0.395 e. The molecular weight excluding hydrogens is 300 g/mol. The van der Waals surface area contributed by atoms with Gasteiger partial charge >= 0.3 is 5.69 Å². The number of aliphatic hydroxyl groups excluding tert-OH is 1. The van der Waals surface area contributed by atoms with Crippen molar-refractivity contribution >= 4 is 17.1 Å². The Bertz CT molecular complexity index is 812. The highest BCUT2D eigenvalue weighted by molar-refractivity contribution is 5.74. The van der Waals surface area contributed by atoms with Crippen LogP contribution in [0, 0.1) is 0 Å². The third kappa shape index (κ3) is 2.66. The summed E-state index contributed by atoms with van der Waals surface area (Å²) in [5.41, 5.74) is -0.0130. The molecular formula is C14H22N6O3. The number of hydrogen-bond acceptors (Lipinski definition) is 6. The number of aryl methyl sites for hydroxylation is 2. The van der Waals surface area contributed by atoms with E-state index in [2.05, 4.69) is 19.8 Å². The maximum atomic E-state index is 12.2. The molecule has 9 heteroatoms. The monoisotopic (exact) mass is 322 g/mol. The summed E-state index contributed by atoms with van der Waals surface area (Å²) in [6.45, 7) is 6.61. The molecule has 1 fully saturated rings. The molecule has 0 atom stereocenters. The molecule has 0 aromatic carbocycles. The van der Waals surface area contributed by atoms with Crippen LogP contribution in [-0.4, -0.2) is 68.4 Å². The number of anilines is 1. The summed E-state index contributed by atoms with van der Waals surface area (Å²) in [7, 11) is 1.61. The Morgan fingerprint density at radius 1 is 1.22 bits per heavy atom. The lowest BCUT2D eigenvalue weighted by Gasteiger charge is -2.35. The average molecular weight is 322 g/mol. The van der Waals surface area contributed by atoms with Gasteiger partial charge in [0.05, 0.1) is 6.61 Å². The zero-order valence-corrected chi connectivity index (χ0v) is 13.4. The van der Waals surface area contributed by atoms with Gasteiger partial charge in [-0.25, -0.2) is 4.79 Å². The second-order valence-electron chi connectivity index (χ2n) is 5.70. The van der Waals surface area contributed by atoms with E-state index in [4.69, 9.17) is 5.11 Å². The minimum Gasteiger partial charge on any atom is -0.395 e. The summed E-state index contributed by atoms with van der Waals surface area (Å²) >= 11 is 0. The second kappa shape index (κ2) is 6.17. The van der Waals surface area contributed by atoms with Gasteiger partial charge in [-0.3, -0.25) is 19.2 Å². The van der Waals surface area contributed by atoms with Crippen molar-refractivity contribution in [3.63, 3.8) is 0 Å². The summed E-state index contributed by atoms with van der Waals surface area (Å²) < 4.78 is 3.23. The molecule has 3 rings (SSSR count). The highest BCUT2D eigenvalue weighted by Gasteiger charge is 2.23. The maximum absolute atomic E-state index is 12.2. The fourth-order valence-corrected chi connectivity index (χ4v) is 3.08. The first-order valence-corrected chi connectivity index (χ1v) is 7.84. The van der Waals surface area contributed by atoms with Crippen molar-refractivity contribution < 1.29 is 5.11 Å². The van der Waals surface area contributed by atoms with E-state index in [1.54, 1.807) is 7.05 Å². The topological polar surface area (TPSA) is 99.4 Å². The highest BCUT2D eigenvalue weighted by atomic mass is 16.3. The number of nitrogens with one attached hydrogen (secondary N) is 1. The number of aromatic nitrogens is 4. The summed E-state index contributed by atoms with van der Waals surface area (Å²) in [5, 5.41) is 9.02. The third-order valence-electron chi connectivity index (χ3n) is 4.37. The number of fused-ring (bicyclic) bond motifs is 1. The molecule has 2 aromatic rings. The van der Waals surface area contributed by atoms with Crippen molar-refractivity contribution in [2.24, 2.45) is 7.05 Å². The van der Waals surface area contributed by atoms with Gasteiger partial charge in [0.25, 0.3) is 5.56 Å². The van der Waals surface area contributed by atoms with Crippen LogP contribution in [0.4, 0.5) is 5.95 Å². The maximum Gasteiger partial charge on any atom is 0.329 e. The smallest absolute Gasteiger partial charge is 0.329 e. The van der Waals surface area contributed by atoms with Crippen LogP contribution >= 0.6 is 0 Å². The Morgan fingerprint density at radius 3 is 2.52 bits per heavy atom. The number of hydrogen-bond donors (Lipinski definition) is 2. The van der Waals surface area contributed by atoms with Crippen molar-refractivity contribution in [1.29, 1.82) is 0 Å². The molecule has 1 aliphatic rings. The number of piperazine rings is 1. The van der Waals surface area contributed by atoms with E-state index in [1.165, 1.54) is 4.57 Å². The predicted octanol–water partition coefficient (Wildman–Crippen LogP) is -1.44. The Kier molecular flexibility index (Phi) is 4.22. The molecule has 0 amide bonds. The minimum atomic E-state index is -0.456. The van der Waals surface area contributed by atoms with E-state index in [-0.39, 0.29) is 6.61 Å². The van der Waals surface area contributed by atoms with Gasteiger partial charge in [-0.2, -0.15) is 4.98 Å². The number of H-pyrrole nitrogens is 1. The first-order valence-electron chi connectivity index (χ1n) is 7.84. The van der Waals surface area contributed by atoms with Crippen molar-refractivity contribution in [3.8, 4) is 0 Å². The SMILES string of the molecule is CCn1c(N2CCN(CCO)CC2)nc2c1c(=O)[nH]c(=O)n2C. The molecule has 126 valence electrons. The van der Waals surface area contributed by atoms with Crippen LogP contribution in [0.5, 0.6) is 0 Å². The standard InChI is InChI=1S/C14H22N6O3/c1-3-20-10-11(17(2)14(23)16-12(10)22)15-13(20)19-6-4-18(5-7-19)8-9-21/h21H,3-9H2,1-2H3,(H,16,22,23). The predicted molar refractivity (Wildman–Crippen MR) is 87.0 cm³/mol. The lowest BCUT2D eigenvalue weighted by Crippen LogP contribution is -2.48. The van der Waals surface area contributed by atoms with E-state index >= 15 is 0 Å². The van der Waals surface area contributed by atoms with Gasteiger partial charge in [0.15, 0.2) is 11.2 Å². The van der Waals surface area contributed by atoms with Gasteiger partial charge in [0.2, 0.25) is 5.95 Å². The Hall–Kier alpha value is -2.13. The number of rotatable bonds is 4. The van der Waals surface area contributed by atoms with Crippen molar-refractivity contribution in [2.45, 2.75) is 13.5 Å². The third-order valence-corrected chi connectivity index (χ3v) is 4.37. The number of β-amino-alcohol motifs (C(OH)–C–C–N with tert-alkyl or cyclic N) is 1. The molecule has 1 saturated heterocycles. The van der Waals surface area contributed by atoms with Crippen LogP contribution in [0.3, 0.4) is 0 Å². The van der Waals surface area contributed by atoms with Gasteiger partial charge in [-0.15, -0.1) is 0 Å². The minimum absolute atomic E-state index is 0.158. The van der Waals surface area contributed by atoms with E-state index in [9.17, 15) is 9.59 Å². The Labute approximate surface area is 132 Å². The average Bonchev–Trinajstić information content (AvgIpc) is 2.94. The van der Waals surface area contributed by atoms with Gasteiger partial charge in [-0.1, -0.05) is 0 Å². The van der Waals surface area contributed by atoms with Crippen LogP contribution in [0.15, 0.2) is 9.59 Å².